The number of alkyl halides is 3. The number of likely N-dealkylation sites (N-methyl/N-ethyl adjacent to an activating group) is 1. The summed E-state index contributed by atoms with van der Waals surface area (Å²) in [5.74, 6) is 0.341. The van der Waals surface area contributed by atoms with Crippen molar-refractivity contribution >= 4 is 22.9 Å². The molecule has 2 aromatic heterocycles. The van der Waals surface area contributed by atoms with E-state index in [1.807, 2.05) is 24.3 Å². The minimum Gasteiger partial charge on any atom is -0.496 e. The van der Waals surface area contributed by atoms with E-state index in [-0.39, 0.29) is 24.2 Å². The van der Waals surface area contributed by atoms with Gasteiger partial charge < -0.3 is 24.0 Å². The molecule has 1 saturated heterocycles. The van der Waals surface area contributed by atoms with Crippen molar-refractivity contribution in [2.75, 3.05) is 64.9 Å². The lowest BCUT2D eigenvalue weighted by Crippen LogP contribution is -2.35. The number of nitrogens with zero attached hydrogens (tertiary/aromatic N) is 9. The van der Waals surface area contributed by atoms with E-state index in [1.165, 1.54) is 30.3 Å². The summed E-state index contributed by atoms with van der Waals surface area (Å²) in [5.41, 5.74) is 3.33. The average molecular weight is 710 g/mol. The topological polar surface area (TPSA) is 107 Å². The second-order valence-corrected chi connectivity index (χ2v) is 12.4. The molecule has 1 atom stereocenters. The van der Waals surface area contributed by atoms with Crippen LogP contribution in [0.3, 0.4) is 0 Å². The Balaban J connectivity index is 1.14. The first kappa shape index (κ1) is 35.7. The predicted molar refractivity (Wildman–Crippen MR) is 181 cm³/mol. The number of para-hydroxylation sites is 2. The number of benzene rings is 3. The van der Waals surface area contributed by atoms with Crippen LogP contribution in [-0.4, -0.2) is 112 Å². The number of anilines is 1. The summed E-state index contributed by atoms with van der Waals surface area (Å²) in [4.78, 5) is 24.7. The number of fused-ring (bicyclic) bond motifs is 1. The molecule has 12 nitrogen and oxygen atoms in total. The van der Waals surface area contributed by atoms with E-state index >= 15 is 0 Å². The Kier molecular flexibility index (Phi) is 11.1. The number of methoxy groups -OCH3 is 1. The lowest BCUT2D eigenvalue weighted by Gasteiger charge is -2.28. The highest BCUT2D eigenvalue weighted by Gasteiger charge is 2.30. The molecule has 0 aliphatic carbocycles. The van der Waals surface area contributed by atoms with Crippen LogP contribution < -0.4 is 9.64 Å². The molecule has 0 bridgehead atoms. The molecule has 6 rings (SSSR count). The van der Waals surface area contributed by atoms with Crippen LogP contribution in [0.5, 0.6) is 5.75 Å². The maximum absolute atomic E-state index is 13.9. The molecule has 0 spiro atoms. The highest BCUT2D eigenvalue weighted by atomic mass is 19.4. The average Bonchev–Trinajstić information content (AvgIpc) is 3.73. The highest BCUT2D eigenvalue weighted by Crippen LogP contribution is 2.28. The number of amides is 1. The Morgan fingerprint density at radius 3 is 2.55 bits per heavy atom. The van der Waals surface area contributed by atoms with Gasteiger partial charge >= 0.3 is 6.36 Å². The van der Waals surface area contributed by atoms with Crippen LogP contribution in [0.2, 0.25) is 0 Å². The fourth-order valence-corrected chi connectivity index (χ4v) is 6.51. The van der Waals surface area contributed by atoms with E-state index in [2.05, 4.69) is 30.1 Å². The maximum atomic E-state index is 13.9. The van der Waals surface area contributed by atoms with Crippen LogP contribution in [-0.2, 0) is 11.3 Å². The van der Waals surface area contributed by atoms with E-state index in [1.54, 1.807) is 46.8 Å². The van der Waals surface area contributed by atoms with Gasteiger partial charge in [0.2, 0.25) is 5.95 Å². The standard InChI is InChI=1S/C35H39F4N9O3/c1-44(33(49)29-22-28(12-13-32(29)50-2)48-24-40-42-43-48)23-26(25-8-10-27(36)11-9-25)14-17-45-15-5-16-46(19-18-45)34-41-30-6-3-4-7-31(30)47(34)20-21-51-35(37,38)39/h3-4,6-13,22,24,26H,5,14-21,23H2,1-2H3. The van der Waals surface area contributed by atoms with Gasteiger partial charge in [-0.3, -0.25) is 9.53 Å². The molecule has 0 radical (unpaired) electrons. The SMILES string of the molecule is COc1ccc(-n2cnnn2)cc1C(=O)N(C)CC(CCN1CCCN(c2nc3ccccc3n2CCOC(F)(F)F)CC1)c1ccc(F)cc1. The second-order valence-electron chi connectivity index (χ2n) is 12.4. The van der Waals surface area contributed by atoms with Crippen LogP contribution in [0, 0.1) is 5.82 Å². The first-order chi connectivity index (χ1) is 24.6. The Labute approximate surface area is 292 Å². The Bertz CT molecular complexity index is 1900. The Hall–Kier alpha value is -5.09. The molecular weight excluding hydrogens is 670 g/mol. The summed E-state index contributed by atoms with van der Waals surface area (Å²) < 4.78 is 65.1. The van der Waals surface area contributed by atoms with Gasteiger partial charge in [0, 0.05) is 45.7 Å². The number of carbonyl (C=O) groups is 1. The van der Waals surface area contributed by atoms with Crippen molar-refractivity contribution in [2.24, 2.45) is 0 Å². The summed E-state index contributed by atoms with van der Waals surface area (Å²) >= 11 is 0. The summed E-state index contributed by atoms with van der Waals surface area (Å²) in [5, 5.41) is 11.3. The van der Waals surface area contributed by atoms with Gasteiger partial charge in [-0.15, -0.1) is 18.3 Å². The van der Waals surface area contributed by atoms with E-state index in [4.69, 9.17) is 9.72 Å². The van der Waals surface area contributed by atoms with E-state index in [0.717, 1.165) is 24.0 Å². The van der Waals surface area contributed by atoms with Gasteiger partial charge in [-0.05, 0) is 84.4 Å². The number of ether oxygens (including phenoxy) is 2. The van der Waals surface area contributed by atoms with Gasteiger partial charge in [0.15, 0.2) is 0 Å². The largest absolute Gasteiger partial charge is 0.522 e. The van der Waals surface area contributed by atoms with Crippen LogP contribution >= 0.6 is 0 Å². The fraction of sp³-hybridized carbons (Fsp3) is 0.400. The molecule has 3 aromatic carbocycles. The molecule has 0 saturated carbocycles. The van der Waals surface area contributed by atoms with Gasteiger partial charge in [-0.2, -0.15) is 0 Å². The van der Waals surface area contributed by atoms with Crippen LogP contribution in [0.4, 0.5) is 23.5 Å². The molecular formula is C35H39F4N9O3. The van der Waals surface area contributed by atoms with Gasteiger partial charge in [-0.25, -0.2) is 14.1 Å². The van der Waals surface area contributed by atoms with Crippen molar-refractivity contribution in [1.29, 1.82) is 0 Å². The molecule has 1 amide bonds. The van der Waals surface area contributed by atoms with Crippen molar-refractivity contribution in [1.82, 2.24) is 39.6 Å². The molecule has 1 unspecified atom stereocenters. The lowest BCUT2D eigenvalue weighted by molar-refractivity contribution is -0.325. The molecule has 1 aliphatic heterocycles. The smallest absolute Gasteiger partial charge is 0.496 e. The van der Waals surface area contributed by atoms with Crippen molar-refractivity contribution in [3.63, 3.8) is 0 Å². The summed E-state index contributed by atoms with van der Waals surface area (Å²) in [6.07, 6.45) is -1.75. The summed E-state index contributed by atoms with van der Waals surface area (Å²) in [6.45, 7) is 3.39. The van der Waals surface area contributed by atoms with E-state index in [9.17, 15) is 22.4 Å². The van der Waals surface area contributed by atoms with E-state index < -0.39 is 13.0 Å². The number of tetrazole rings is 1. The second kappa shape index (κ2) is 15.9. The Morgan fingerprint density at radius 2 is 1.80 bits per heavy atom. The Morgan fingerprint density at radius 1 is 1.00 bits per heavy atom. The van der Waals surface area contributed by atoms with Crippen molar-refractivity contribution in [3.8, 4) is 11.4 Å². The van der Waals surface area contributed by atoms with Gasteiger partial charge in [0.05, 0.1) is 36.0 Å². The highest BCUT2D eigenvalue weighted by molar-refractivity contribution is 5.97. The van der Waals surface area contributed by atoms with Crippen LogP contribution in [0.15, 0.2) is 73.1 Å². The molecule has 51 heavy (non-hydrogen) atoms. The van der Waals surface area contributed by atoms with Crippen molar-refractivity contribution in [2.45, 2.75) is 31.7 Å². The zero-order valence-electron chi connectivity index (χ0n) is 28.3. The van der Waals surface area contributed by atoms with Crippen LogP contribution in [0.25, 0.3) is 16.7 Å². The third-order valence-corrected chi connectivity index (χ3v) is 9.09. The first-order valence-corrected chi connectivity index (χ1v) is 16.6. The number of hydrogen-bond donors (Lipinski definition) is 0. The zero-order valence-corrected chi connectivity index (χ0v) is 28.3. The lowest BCUT2D eigenvalue weighted by atomic mass is 9.94. The molecule has 1 fully saturated rings. The zero-order chi connectivity index (χ0) is 36.0. The minimum absolute atomic E-state index is 0.00891. The molecule has 1 aliphatic rings. The normalized spacial score (nSPS) is 14.8. The molecule has 16 heteroatoms. The third-order valence-electron chi connectivity index (χ3n) is 9.09. The third kappa shape index (κ3) is 8.80. The maximum Gasteiger partial charge on any atom is 0.522 e. The van der Waals surface area contributed by atoms with Crippen molar-refractivity contribution in [3.05, 3.63) is 90.0 Å². The fourth-order valence-electron chi connectivity index (χ4n) is 6.51. The number of carbonyl (C=O) groups excluding carboxylic acids is 1. The number of rotatable bonds is 13. The summed E-state index contributed by atoms with van der Waals surface area (Å²) in [7, 11) is 3.24. The van der Waals surface area contributed by atoms with E-state index in [0.29, 0.717) is 67.6 Å². The van der Waals surface area contributed by atoms with Gasteiger partial charge in [0.25, 0.3) is 5.91 Å². The number of hydrogen-bond acceptors (Lipinski definition) is 9. The molecule has 0 N–H and O–H groups in total. The number of imidazole rings is 1. The monoisotopic (exact) mass is 709 g/mol. The molecule has 270 valence electrons. The van der Waals surface area contributed by atoms with Crippen molar-refractivity contribution < 1.29 is 31.8 Å². The first-order valence-electron chi connectivity index (χ1n) is 16.6. The summed E-state index contributed by atoms with van der Waals surface area (Å²) in [6, 6.07) is 18.9. The molecule has 3 heterocycles. The van der Waals surface area contributed by atoms with Gasteiger partial charge in [0.1, 0.15) is 17.9 Å². The van der Waals surface area contributed by atoms with Gasteiger partial charge in [-0.1, -0.05) is 24.3 Å². The van der Waals surface area contributed by atoms with Crippen LogP contribution in [0.1, 0.15) is 34.7 Å². The predicted octanol–water partition coefficient (Wildman–Crippen LogP) is 5.15. The molecule has 5 aromatic rings. The number of halogens is 4. The minimum atomic E-state index is -4.71. The quantitative estimate of drug-likeness (QED) is 0.154. The number of aromatic nitrogens is 6.